The van der Waals surface area contributed by atoms with Gasteiger partial charge < -0.3 is 4.57 Å². The van der Waals surface area contributed by atoms with Crippen LogP contribution in [0.1, 0.15) is 18.4 Å². The summed E-state index contributed by atoms with van der Waals surface area (Å²) in [5.41, 5.74) is -0.926. The van der Waals surface area contributed by atoms with Gasteiger partial charge in [-0.2, -0.15) is 13.2 Å². The number of hydrogen-bond acceptors (Lipinski definition) is 2. The number of halogens is 3. The number of alkyl halides is 3. The van der Waals surface area contributed by atoms with Gasteiger partial charge in [-0.3, -0.25) is 0 Å². The molecule has 14 heavy (non-hydrogen) atoms. The van der Waals surface area contributed by atoms with Crippen LogP contribution in [0.4, 0.5) is 13.2 Å². The van der Waals surface area contributed by atoms with Gasteiger partial charge in [0.05, 0.1) is 0 Å². The van der Waals surface area contributed by atoms with Gasteiger partial charge in [-0.15, -0.1) is 0 Å². The molecule has 0 aromatic carbocycles. The number of rotatable bonds is 1. The molecule has 0 aliphatic heterocycles. The second-order valence-electron chi connectivity index (χ2n) is 2.77. The summed E-state index contributed by atoms with van der Waals surface area (Å²) in [5.74, 6) is 0.285. The molecule has 2 nitrogen and oxygen atoms in total. The third kappa shape index (κ3) is 2.12. The number of hydrogen-bond donors (Lipinski definition) is 0. The summed E-state index contributed by atoms with van der Waals surface area (Å²) in [4.78, 5) is 3.45. The van der Waals surface area contributed by atoms with E-state index in [1.807, 2.05) is 0 Å². The molecular weight excluding hydrogens is 213 g/mol. The van der Waals surface area contributed by atoms with Crippen molar-refractivity contribution < 1.29 is 13.2 Å². The Balaban J connectivity index is 3.36. The van der Waals surface area contributed by atoms with Crippen LogP contribution < -0.4 is 0 Å². The third-order valence-electron chi connectivity index (χ3n) is 1.81. The molecule has 0 atom stereocenters. The number of aryl methyl sites for hydroxylation is 1. The van der Waals surface area contributed by atoms with E-state index in [-0.39, 0.29) is 10.5 Å². The monoisotopic (exact) mass is 222 g/mol. The van der Waals surface area contributed by atoms with E-state index in [9.17, 15) is 13.2 Å². The summed E-state index contributed by atoms with van der Waals surface area (Å²) in [7, 11) is 0. The summed E-state index contributed by atoms with van der Waals surface area (Å²) in [6, 6.07) is 0.881. The fourth-order valence-electron chi connectivity index (χ4n) is 1.15. The molecule has 0 unspecified atom stereocenters. The number of aromatic nitrogens is 2. The predicted octanol–water partition coefficient (Wildman–Crippen LogP) is 2.96. The van der Waals surface area contributed by atoms with Gasteiger partial charge in [-0.1, -0.05) is 12.2 Å². The van der Waals surface area contributed by atoms with Crippen molar-refractivity contribution in [2.45, 2.75) is 26.6 Å². The zero-order valence-electron chi connectivity index (χ0n) is 7.72. The first-order chi connectivity index (χ1) is 6.36. The molecule has 1 heterocycles. The lowest BCUT2D eigenvalue weighted by Crippen LogP contribution is -2.14. The van der Waals surface area contributed by atoms with Gasteiger partial charge in [0, 0.05) is 12.6 Å². The molecular formula is C8H9F3N2S. The second-order valence-corrected chi connectivity index (χ2v) is 3.19. The van der Waals surface area contributed by atoms with Crippen molar-refractivity contribution in [2.75, 3.05) is 0 Å². The third-order valence-corrected chi connectivity index (χ3v) is 2.14. The fraction of sp³-hybridized carbons (Fsp3) is 0.500. The van der Waals surface area contributed by atoms with Crippen molar-refractivity contribution in [3.63, 3.8) is 0 Å². The van der Waals surface area contributed by atoms with E-state index >= 15 is 0 Å². The first-order valence-electron chi connectivity index (χ1n) is 4.02. The Morgan fingerprint density at radius 1 is 1.50 bits per heavy atom. The van der Waals surface area contributed by atoms with Crippen molar-refractivity contribution in [2.24, 2.45) is 0 Å². The molecule has 0 radical (unpaired) electrons. The van der Waals surface area contributed by atoms with Crippen LogP contribution in [-0.4, -0.2) is 9.55 Å². The van der Waals surface area contributed by atoms with Crippen LogP contribution in [0.3, 0.4) is 0 Å². The molecule has 0 aliphatic carbocycles. The van der Waals surface area contributed by atoms with E-state index in [1.165, 1.54) is 6.92 Å². The van der Waals surface area contributed by atoms with Crippen molar-refractivity contribution in [3.8, 4) is 0 Å². The standard InChI is InChI=1S/C8H9F3N2S/c1-3-13-5(2)12-6(4-7(13)14)8(9,10)11/h4H,3H2,1-2H3. The topological polar surface area (TPSA) is 17.8 Å². The van der Waals surface area contributed by atoms with Gasteiger partial charge in [0.25, 0.3) is 0 Å². The minimum atomic E-state index is -4.43. The Morgan fingerprint density at radius 3 is 2.43 bits per heavy atom. The van der Waals surface area contributed by atoms with Gasteiger partial charge in [-0.25, -0.2) is 4.98 Å². The number of nitrogens with zero attached hydrogens (tertiary/aromatic N) is 2. The van der Waals surface area contributed by atoms with Gasteiger partial charge >= 0.3 is 6.18 Å². The van der Waals surface area contributed by atoms with Gasteiger partial charge in [0.2, 0.25) is 0 Å². The Bertz CT molecular complexity index is 395. The highest BCUT2D eigenvalue weighted by Gasteiger charge is 2.33. The van der Waals surface area contributed by atoms with E-state index < -0.39 is 11.9 Å². The van der Waals surface area contributed by atoms with Crippen molar-refractivity contribution >= 4 is 12.2 Å². The summed E-state index contributed by atoms with van der Waals surface area (Å²) in [6.45, 7) is 3.84. The van der Waals surface area contributed by atoms with Gasteiger partial charge in [-0.05, 0) is 13.8 Å². The fourth-order valence-corrected chi connectivity index (χ4v) is 1.52. The zero-order chi connectivity index (χ0) is 10.9. The molecule has 1 aromatic rings. The smallest absolute Gasteiger partial charge is 0.321 e. The molecule has 0 spiro atoms. The van der Waals surface area contributed by atoms with Crippen molar-refractivity contribution in [1.82, 2.24) is 9.55 Å². The summed E-state index contributed by atoms with van der Waals surface area (Å²) >= 11 is 4.82. The normalized spacial score (nSPS) is 11.8. The maximum absolute atomic E-state index is 12.3. The molecule has 1 rings (SSSR count). The van der Waals surface area contributed by atoms with E-state index in [2.05, 4.69) is 4.98 Å². The Labute approximate surface area is 84.4 Å². The average Bonchev–Trinajstić information content (AvgIpc) is 2.01. The highest BCUT2D eigenvalue weighted by Crippen LogP contribution is 2.27. The molecule has 0 fully saturated rings. The van der Waals surface area contributed by atoms with Crippen molar-refractivity contribution in [3.05, 3.63) is 22.2 Å². The molecule has 0 aliphatic rings. The minimum Gasteiger partial charge on any atom is -0.321 e. The molecule has 6 heteroatoms. The Kier molecular flexibility index (Phi) is 2.94. The molecule has 78 valence electrons. The molecule has 1 aromatic heterocycles. The zero-order valence-corrected chi connectivity index (χ0v) is 8.54. The quantitative estimate of drug-likeness (QED) is 0.680. The molecule has 0 amide bonds. The van der Waals surface area contributed by atoms with E-state index in [0.29, 0.717) is 6.54 Å². The van der Waals surface area contributed by atoms with Crippen LogP contribution in [0.25, 0.3) is 0 Å². The van der Waals surface area contributed by atoms with Crippen LogP contribution in [0.5, 0.6) is 0 Å². The first kappa shape index (κ1) is 11.2. The lowest BCUT2D eigenvalue weighted by molar-refractivity contribution is -0.141. The average molecular weight is 222 g/mol. The SMILES string of the molecule is CCn1c(C)nc(C(F)(F)F)cc1=S. The maximum atomic E-state index is 12.3. The van der Waals surface area contributed by atoms with Crippen LogP contribution in [0, 0.1) is 11.6 Å². The largest absolute Gasteiger partial charge is 0.433 e. The van der Waals surface area contributed by atoms with E-state index in [1.54, 1.807) is 11.5 Å². The van der Waals surface area contributed by atoms with Crippen LogP contribution in [-0.2, 0) is 12.7 Å². The highest BCUT2D eigenvalue weighted by atomic mass is 32.1. The Morgan fingerprint density at radius 2 is 2.07 bits per heavy atom. The van der Waals surface area contributed by atoms with E-state index in [4.69, 9.17) is 12.2 Å². The van der Waals surface area contributed by atoms with Crippen LogP contribution >= 0.6 is 12.2 Å². The lowest BCUT2D eigenvalue weighted by Gasteiger charge is -2.11. The van der Waals surface area contributed by atoms with E-state index in [0.717, 1.165) is 6.07 Å². The summed E-state index contributed by atoms with van der Waals surface area (Å²) in [6.07, 6.45) is -4.43. The summed E-state index contributed by atoms with van der Waals surface area (Å²) in [5, 5.41) is 0. The second kappa shape index (κ2) is 3.68. The lowest BCUT2D eigenvalue weighted by atomic mass is 10.4. The van der Waals surface area contributed by atoms with Crippen molar-refractivity contribution in [1.29, 1.82) is 0 Å². The Hall–Kier alpha value is -0.910. The first-order valence-corrected chi connectivity index (χ1v) is 4.42. The molecule has 0 N–H and O–H groups in total. The van der Waals surface area contributed by atoms with Crippen LogP contribution in [0.2, 0.25) is 0 Å². The predicted molar refractivity (Wildman–Crippen MR) is 48.5 cm³/mol. The molecule has 0 saturated heterocycles. The molecule has 0 bridgehead atoms. The van der Waals surface area contributed by atoms with Crippen LogP contribution in [0.15, 0.2) is 6.07 Å². The van der Waals surface area contributed by atoms with Gasteiger partial charge in [0.1, 0.15) is 16.2 Å². The van der Waals surface area contributed by atoms with Gasteiger partial charge in [0.15, 0.2) is 0 Å². The summed E-state index contributed by atoms with van der Waals surface area (Å²) < 4.78 is 38.5. The highest BCUT2D eigenvalue weighted by molar-refractivity contribution is 7.71. The maximum Gasteiger partial charge on any atom is 0.433 e. The minimum absolute atomic E-state index is 0.160. The molecule has 0 saturated carbocycles.